The number of benzene rings is 1. The first-order chi connectivity index (χ1) is 6.73. The summed E-state index contributed by atoms with van der Waals surface area (Å²) in [5.41, 5.74) is 12.8. The van der Waals surface area contributed by atoms with Gasteiger partial charge in [0, 0.05) is 0 Å². The summed E-state index contributed by atoms with van der Waals surface area (Å²) >= 11 is 0. The average Bonchev–Trinajstić information content (AvgIpc) is 2.24. The molecule has 5 N–H and O–H groups in total. The second-order valence-electron chi connectivity index (χ2n) is 3.30. The number of nitrogens with one attached hydrogen (secondary N) is 1. The van der Waals surface area contributed by atoms with Crippen LogP contribution >= 0.6 is 0 Å². The maximum atomic E-state index is 6.17. The summed E-state index contributed by atoms with van der Waals surface area (Å²) in [6.45, 7) is 0. The van der Waals surface area contributed by atoms with Gasteiger partial charge in [0.1, 0.15) is 0 Å². The van der Waals surface area contributed by atoms with Gasteiger partial charge in [-0.3, -0.25) is 5.73 Å². The zero-order chi connectivity index (χ0) is 10.0. The largest absolute Gasteiger partial charge is 0.399 e. The Morgan fingerprint density at radius 1 is 1.14 bits per heavy atom. The third-order valence-corrected chi connectivity index (χ3v) is 2.37. The number of rotatable bonds is 1. The van der Waals surface area contributed by atoms with Crippen LogP contribution in [0.4, 0.5) is 0 Å². The van der Waals surface area contributed by atoms with Crippen LogP contribution in [-0.2, 0) is 5.66 Å². The first-order valence-electron chi connectivity index (χ1n) is 4.48. The van der Waals surface area contributed by atoms with Gasteiger partial charge in [0.05, 0.1) is 5.70 Å². The van der Waals surface area contributed by atoms with E-state index >= 15 is 0 Å². The first-order valence-corrected chi connectivity index (χ1v) is 4.48. The summed E-state index contributed by atoms with van der Waals surface area (Å²) in [4.78, 5) is 0. The molecule has 0 saturated carbocycles. The number of dihydropyridines is 1. The van der Waals surface area contributed by atoms with Gasteiger partial charge in [0.25, 0.3) is 0 Å². The molecule has 1 aliphatic rings. The van der Waals surface area contributed by atoms with Crippen molar-refractivity contribution >= 4 is 0 Å². The van der Waals surface area contributed by atoms with Crippen LogP contribution in [0.3, 0.4) is 0 Å². The molecule has 0 amide bonds. The number of allylic oxidation sites excluding steroid dienone is 2. The molecule has 1 aliphatic heterocycles. The van der Waals surface area contributed by atoms with Crippen molar-refractivity contribution in [3.63, 3.8) is 0 Å². The Balaban J connectivity index is 2.43. The lowest BCUT2D eigenvalue weighted by Gasteiger charge is -2.32. The molecular weight excluding hydrogens is 174 g/mol. The van der Waals surface area contributed by atoms with Gasteiger partial charge in [-0.1, -0.05) is 30.3 Å². The molecule has 0 saturated heterocycles. The topological polar surface area (TPSA) is 64.1 Å². The second kappa shape index (κ2) is 3.20. The standard InChI is InChI=1S/C11H13N3/c12-10-7-4-8-14-11(10,13)9-5-2-1-3-6-9/h1-8,14H,12-13H2. The third-order valence-electron chi connectivity index (χ3n) is 2.37. The third kappa shape index (κ3) is 1.28. The summed E-state index contributed by atoms with van der Waals surface area (Å²) in [5, 5.41) is 3.07. The van der Waals surface area contributed by atoms with E-state index in [1.165, 1.54) is 0 Å². The van der Waals surface area contributed by atoms with Crippen LogP contribution in [0.5, 0.6) is 0 Å². The van der Waals surface area contributed by atoms with Crippen molar-refractivity contribution in [2.45, 2.75) is 5.66 Å². The zero-order valence-electron chi connectivity index (χ0n) is 7.77. The summed E-state index contributed by atoms with van der Waals surface area (Å²) < 4.78 is 0. The van der Waals surface area contributed by atoms with E-state index in [1.54, 1.807) is 6.20 Å². The molecule has 0 radical (unpaired) electrons. The van der Waals surface area contributed by atoms with Gasteiger partial charge in [-0.2, -0.15) is 0 Å². The van der Waals surface area contributed by atoms with Crippen LogP contribution in [0.15, 0.2) is 54.4 Å². The predicted octanol–water partition coefficient (Wildman–Crippen LogP) is 0.758. The lowest BCUT2D eigenvalue weighted by molar-refractivity contribution is 0.457. The van der Waals surface area contributed by atoms with E-state index < -0.39 is 5.66 Å². The quantitative estimate of drug-likeness (QED) is 0.608. The molecule has 1 heterocycles. The highest BCUT2D eigenvalue weighted by Crippen LogP contribution is 2.22. The van der Waals surface area contributed by atoms with Crippen molar-refractivity contribution in [2.75, 3.05) is 0 Å². The van der Waals surface area contributed by atoms with Crippen molar-refractivity contribution in [3.8, 4) is 0 Å². The van der Waals surface area contributed by atoms with Crippen molar-refractivity contribution in [1.29, 1.82) is 0 Å². The van der Waals surface area contributed by atoms with Crippen molar-refractivity contribution in [2.24, 2.45) is 11.5 Å². The molecule has 3 heteroatoms. The van der Waals surface area contributed by atoms with Crippen LogP contribution in [0.1, 0.15) is 5.56 Å². The summed E-state index contributed by atoms with van der Waals surface area (Å²) in [5.74, 6) is 0. The maximum absolute atomic E-state index is 6.17. The molecule has 0 aromatic heterocycles. The Bertz CT molecular complexity index is 381. The molecule has 2 rings (SSSR count). The van der Waals surface area contributed by atoms with Crippen LogP contribution < -0.4 is 16.8 Å². The van der Waals surface area contributed by atoms with Gasteiger partial charge in [0.15, 0.2) is 5.66 Å². The molecular formula is C11H13N3. The lowest BCUT2D eigenvalue weighted by Crippen LogP contribution is -2.53. The fraction of sp³-hybridized carbons (Fsp3) is 0.0909. The fourth-order valence-electron chi connectivity index (χ4n) is 1.50. The summed E-state index contributed by atoms with van der Waals surface area (Å²) in [7, 11) is 0. The maximum Gasteiger partial charge on any atom is 0.153 e. The second-order valence-corrected chi connectivity index (χ2v) is 3.30. The Hall–Kier alpha value is -1.74. The van der Waals surface area contributed by atoms with E-state index in [0.717, 1.165) is 5.56 Å². The SMILES string of the molecule is NC1=CC=CNC1(N)c1ccccc1. The van der Waals surface area contributed by atoms with E-state index in [-0.39, 0.29) is 0 Å². The monoisotopic (exact) mass is 187 g/mol. The molecule has 14 heavy (non-hydrogen) atoms. The van der Waals surface area contributed by atoms with E-state index in [0.29, 0.717) is 5.70 Å². The van der Waals surface area contributed by atoms with Crippen LogP contribution in [0.2, 0.25) is 0 Å². The molecule has 72 valence electrons. The average molecular weight is 187 g/mol. The predicted molar refractivity (Wildman–Crippen MR) is 56.9 cm³/mol. The Kier molecular flexibility index (Phi) is 2.02. The zero-order valence-corrected chi connectivity index (χ0v) is 7.77. The van der Waals surface area contributed by atoms with Crippen molar-refractivity contribution in [1.82, 2.24) is 5.32 Å². The van der Waals surface area contributed by atoms with Crippen LogP contribution in [0.25, 0.3) is 0 Å². The van der Waals surface area contributed by atoms with Gasteiger partial charge in [-0.25, -0.2) is 0 Å². The normalized spacial score (nSPS) is 25.4. The molecule has 1 unspecified atom stereocenters. The Morgan fingerprint density at radius 3 is 2.50 bits per heavy atom. The number of nitrogens with two attached hydrogens (primary N) is 2. The number of hydrogen-bond acceptors (Lipinski definition) is 3. The summed E-state index contributed by atoms with van der Waals surface area (Å²) in [6, 6.07) is 9.74. The Labute approximate surface area is 83.1 Å². The Morgan fingerprint density at radius 2 is 1.86 bits per heavy atom. The molecule has 0 bridgehead atoms. The van der Waals surface area contributed by atoms with Crippen LogP contribution in [0, 0.1) is 0 Å². The first kappa shape index (κ1) is 8.84. The van der Waals surface area contributed by atoms with E-state index in [2.05, 4.69) is 5.32 Å². The minimum Gasteiger partial charge on any atom is -0.399 e. The molecule has 0 spiro atoms. The van der Waals surface area contributed by atoms with E-state index in [4.69, 9.17) is 11.5 Å². The smallest absolute Gasteiger partial charge is 0.153 e. The molecule has 3 nitrogen and oxygen atoms in total. The van der Waals surface area contributed by atoms with Crippen LogP contribution in [-0.4, -0.2) is 0 Å². The lowest BCUT2D eigenvalue weighted by atomic mass is 9.95. The molecule has 1 atom stereocenters. The molecule has 0 fully saturated rings. The van der Waals surface area contributed by atoms with Crippen molar-refractivity contribution in [3.05, 3.63) is 59.9 Å². The summed E-state index contributed by atoms with van der Waals surface area (Å²) in [6.07, 6.45) is 5.44. The minimum atomic E-state index is -0.768. The molecule has 0 aliphatic carbocycles. The fourth-order valence-corrected chi connectivity index (χ4v) is 1.50. The highest BCUT2D eigenvalue weighted by molar-refractivity contribution is 5.36. The van der Waals surface area contributed by atoms with Gasteiger partial charge in [-0.05, 0) is 23.9 Å². The van der Waals surface area contributed by atoms with Gasteiger partial charge < -0.3 is 11.1 Å². The van der Waals surface area contributed by atoms with Gasteiger partial charge in [0.2, 0.25) is 0 Å². The van der Waals surface area contributed by atoms with E-state index in [9.17, 15) is 0 Å². The van der Waals surface area contributed by atoms with E-state index in [1.807, 2.05) is 42.5 Å². The highest BCUT2D eigenvalue weighted by atomic mass is 15.1. The minimum absolute atomic E-state index is 0.617. The van der Waals surface area contributed by atoms with Crippen molar-refractivity contribution < 1.29 is 0 Å². The molecule has 1 aromatic carbocycles. The highest BCUT2D eigenvalue weighted by Gasteiger charge is 2.29. The molecule has 1 aromatic rings. The van der Waals surface area contributed by atoms with Gasteiger partial charge >= 0.3 is 0 Å². The van der Waals surface area contributed by atoms with Gasteiger partial charge in [-0.15, -0.1) is 0 Å². The number of hydrogen-bond donors (Lipinski definition) is 3.